The third-order valence-corrected chi connectivity index (χ3v) is 2.93. The minimum Gasteiger partial charge on any atom is -0.376 e. The molecule has 2 unspecified atom stereocenters. The molecule has 6 heteroatoms. The molecular weight excluding hydrogens is 236 g/mol. The first-order valence-corrected chi connectivity index (χ1v) is 5.49. The highest BCUT2D eigenvalue weighted by molar-refractivity contribution is 6.01. The maximum atomic E-state index is 11.6. The van der Waals surface area contributed by atoms with Crippen molar-refractivity contribution in [2.24, 2.45) is 0 Å². The molecule has 0 radical (unpaired) electrons. The van der Waals surface area contributed by atoms with Crippen molar-refractivity contribution in [1.82, 2.24) is 10.2 Å². The van der Waals surface area contributed by atoms with Crippen molar-refractivity contribution in [2.45, 2.75) is 25.3 Å². The molecule has 0 aromatic heterocycles. The average molecular weight is 250 g/mol. The number of carbonyl (C=O) groups is 2. The summed E-state index contributed by atoms with van der Waals surface area (Å²) in [5.74, 6) is -0.899. The molecule has 1 aromatic carbocycles. The van der Waals surface area contributed by atoms with Crippen molar-refractivity contribution < 1.29 is 19.8 Å². The van der Waals surface area contributed by atoms with Gasteiger partial charge < -0.3 is 10.2 Å². The van der Waals surface area contributed by atoms with E-state index in [0.717, 1.165) is 17.4 Å². The number of urea groups is 1. The van der Waals surface area contributed by atoms with Gasteiger partial charge in [-0.2, -0.15) is 0 Å². The van der Waals surface area contributed by atoms with Crippen molar-refractivity contribution in [3.05, 3.63) is 35.9 Å². The van der Waals surface area contributed by atoms with E-state index in [4.69, 9.17) is 0 Å². The molecule has 0 aliphatic carbocycles. The Bertz CT molecular complexity index is 472. The summed E-state index contributed by atoms with van der Waals surface area (Å²) < 4.78 is 0. The Kier molecular flexibility index (Phi) is 3.06. The summed E-state index contributed by atoms with van der Waals surface area (Å²) in [5, 5.41) is 21.7. The Morgan fingerprint density at radius 3 is 2.56 bits per heavy atom. The van der Waals surface area contributed by atoms with Gasteiger partial charge in [0.2, 0.25) is 0 Å². The maximum absolute atomic E-state index is 11.6. The van der Waals surface area contributed by atoms with Crippen LogP contribution in [0, 0.1) is 0 Å². The van der Waals surface area contributed by atoms with E-state index in [1.807, 2.05) is 11.4 Å². The summed E-state index contributed by atoms with van der Waals surface area (Å²) in [5.41, 5.74) is -1.22. The normalized spacial score (nSPS) is 28.2. The van der Waals surface area contributed by atoms with E-state index in [-0.39, 0.29) is 6.54 Å². The van der Waals surface area contributed by atoms with Crippen LogP contribution in [0.25, 0.3) is 0 Å². The number of aliphatic hydroxyl groups excluding tert-OH is 1. The van der Waals surface area contributed by atoms with E-state index < -0.39 is 23.8 Å². The fraction of sp³-hybridized carbons (Fsp3) is 0.333. The number of hydrogen-bond acceptors (Lipinski definition) is 4. The first-order valence-electron chi connectivity index (χ1n) is 5.49. The fourth-order valence-corrected chi connectivity index (χ4v) is 1.77. The molecule has 2 rings (SSSR count). The smallest absolute Gasteiger partial charge is 0.326 e. The van der Waals surface area contributed by atoms with E-state index >= 15 is 0 Å². The van der Waals surface area contributed by atoms with Crippen LogP contribution in [0.3, 0.4) is 0 Å². The van der Waals surface area contributed by atoms with Gasteiger partial charge in [-0.05, 0) is 12.5 Å². The summed E-state index contributed by atoms with van der Waals surface area (Å²) >= 11 is 0. The molecule has 1 aliphatic heterocycles. The first-order chi connectivity index (χ1) is 8.43. The number of rotatable bonds is 2. The average Bonchev–Trinajstić information content (AvgIpc) is 2.34. The highest BCUT2D eigenvalue weighted by atomic mass is 16.4. The zero-order valence-electron chi connectivity index (χ0n) is 9.83. The number of hydrogen-bond donors (Lipinski definition) is 3. The summed E-state index contributed by atoms with van der Waals surface area (Å²) in [6, 6.07) is 8.27. The van der Waals surface area contributed by atoms with E-state index in [9.17, 15) is 19.8 Å². The van der Waals surface area contributed by atoms with Crippen LogP contribution in [0.4, 0.5) is 4.79 Å². The zero-order valence-corrected chi connectivity index (χ0v) is 9.83. The molecule has 1 fully saturated rings. The van der Waals surface area contributed by atoms with Gasteiger partial charge in [0.1, 0.15) is 0 Å². The highest BCUT2D eigenvalue weighted by Gasteiger charge is 2.48. The minimum absolute atomic E-state index is 0.108. The topological polar surface area (TPSA) is 89.9 Å². The lowest BCUT2D eigenvalue weighted by Crippen LogP contribution is -2.68. The molecular formula is C12H14N2O4. The van der Waals surface area contributed by atoms with E-state index in [0.29, 0.717) is 0 Å². The second-order valence-corrected chi connectivity index (χ2v) is 4.39. The van der Waals surface area contributed by atoms with Gasteiger partial charge in [0.15, 0.2) is 11.8 Å². The van der Waals surface area contributed by atoms with Crippen LogP contribution in [0.5, 0.6) is 0 Å². The third-order valence-electron chi connectivity index (χ3n) is 2.93. The fourth-order valence-electron chi connectivity index (χ4n) is 1.77. The summed E-state index contributed by atoms with van der Waals surface area (Å²) in [7, 11) is 0. The first kappa shape index (κ1) is 12.5. The number of imide groups is 1. The summed E-state index contributed by atoms with van der Waals surface area (Å²) in [4.78, 5) is 24.0. The Balaban J connectivity index is 2.22. The molecule has 0 saturated carbocycles. The zero-order chi connectivity index (χ0) is 13.3. The molecule has 18 heavy (non-hydrogen) atoms. The third kappa shape index (κ3) is 2.07. The van der Waals surface area contributed by atoms with Gasteiger partial charge in [-0.3, -0.25) is 15.0 Å². The van der Waals surface area contributed by atoms with Gasteiger partial charge >= 0.3 is 6.03 Å². The molecule has 1 saturated heterocycles. The van der Waals surface area contributed by atoms with Crippen LogP contribution < -0.4 is 5.32 Å². The van der Waals surface area contributed by atoms with Crippen LogP contribution in [0.1, 0.15) is 12.5 Å². The monoisotopic (exact) mass is 250 g/mol. The maximum Gasteiger partial charge on any atom is 0.326 e. The molecule has 96 valence electrons. The number of benzene rings is 1. The van der Waals surface area contributed by atoms with Crippen molar-refractivity contribution in [3.8, 4) is 0 Å². The lowest BCUT2D eigenvalue weighted by atomic mass is 10.00. The second-order valence-electron chi connectivity index (χ2n) is 4.39. The van der Waals surface area contributed by atoms with Crippen LogP contribution >= 0.6 is 0 Å². The summed E-state index contributed by atoms with van der Waals surface area (Å²) in [6.45, 7) is 1.27. The van der Waals surface area contributed by atoms with E-state index in [1.54, 1.807) is 24.3 Å². The van der Waals surface area contributed by atoms with Crippen molar-refractivity contribution in [2.75, 3.05) is 0 Å². The quantitative estimate of drug-likeness (QED) is 0.678. The molecule has 3 N–H and O–H groups in total. The highest BCUT2D eigenvalue weighted by Crippen LogP contribution is 2.21. The van der Waals surface area contributed by atoms with Gasteiger partial charge in [0, 0.05) is 0 Å². The second kappa shape index (κ2) is 4.40. The molecule has 0 bridgehead atoms. The number of amides is 3. The molecule has 2 atom stereocenters. The molecule has 0 spiro atoms. The summed E-state index contributed by atoms with van der Waals surface area (Å²) in [6.07, 6.45) is -1.57. The molecule has 1 aliphatic rings. The van der Waals surface area contributed by atoms with Gasteiger partial charge in [-0.25, -0.2) is 4.79 Å². The van der Waals surface area contributed by atoms with Crippen LogP contribution in [-0.2, 0) is 11.3 Å². The van der Waals surface area contributed by atoms with Crippen molar-refractivity contribution >= 4 is 11.9 Å². The van der Waals surface area contributed by atoms with Crippen LogP contribution in [0.2, 0.25) is 0 Å². The largest absolute Gasteiger partial charge is 0.376 e. The molecule has 1 aromatic rings. The predicted molar refractivity (Wildman–Crippen MR) is 62.2 cm³/mol. The predicted octanol–water partition coefficient (Wildman–Crippen LogP) is -0.192. The molecule has 1 heterocycles. The lowest BCUT2D eigenvalue weighted by Gasteiger charge is -2.40. The lowest BCUT2D eigenvalue weighted by molar-refractivity contribution is -0.171. The number of nitrogens with zero attached hydrogens (tertiary/aromatic N) is 1. The standard InChI is InChI=1S/C12H14N2O4/c1-12(18)9(15)13-11(17)14(10(12)16)7-8-5-3-2-4-6-8/h2-6,10,16,18H,7H2,1H3,(H,13,15,17). The van der Waals surface area contributed by atoms with Gasteiger partial charge in [0.25, 0.3) is 5.91 Å². The number of nitrogens with one attached hydrogen (secondary N) is 1. The van der Waals surface area contributed by atoms with Crippen LogP contribution in [-0.4, -0.2) is 38.9 Å². The Morgan fingerprint density at radius 2 is 1.94 bits per heavy atom. The van der Waals surface area contributed by atoms with E-state index in [2.05, 4.69) is 0 Å². The Hall–Kier alpha value is -1.92. The van der Waals surface area contributed by atoms with Gasteiger partial charge in [-0.1, -0.05) is 30.3 Å². The van der Waals surface area contributed by atoms with Gasteiger partial charge in [-0.15, -0.1) is 0 Å². The molecule has 3 amide bonds. The van der Waals surface area contributed by atoms with E-state index in [1.165, 1.54) is 0 Å². The SMILES string of the molecule is CC1(O)C(=O)NC(=O)N(Cc2ccccc2)C1O. The Morgan fingerprint density at radius 1 is 1.33 bits per heavy atom. The van der Waals surface area contributed by atoms with Crippen molar-refractivity contribution in [3.63, 3.8) is 0 Å². The Labute approximate surface area is 104 Å². The molecule has 6 nitrogen and oxygen atoms in total. The van der Waals surface area contributed by atoms with Crippen LogP contribution in [0.15, 0.2) is 30.3 Å². The number of carbonyl (C=O) groups excluding carboxylic acids is 2. The minimum atomic E-state index is -2.01. The van der Waals surface area contributed by atoms with Gasteiger partial charge in [0.05, 0.1) is 6.54 Å². The van der Waals surface area contributed by atoms with Crippen molar-refractivity contribution in [1.29, 1.82) is 0 Å². The number of aliphatic hydroxyl groups is 2.